The van der Waals surface area contributed by atoms with E-state index < -0.39 is 0 Å². The predicted molar refractivity (Wildman–Crippen MR) is 80.9 cm³/mol. The first-order chi connectivity index (χ1) is 10.3. The van der Waals surface area contributed by atoms with Crippen LogP contribution in [-0.2, 0) is 0 Å². The van der Waals surface area contributed by atoms with E-state index in [4.69, 9.17) is 17.1 Å². The summed E-state index contributed by atoms with van der Waals surface area (Å²) in [6.07, 6.45) is 0. The second-order valence-corrected chi connectivity index (χ2v) is 4.13. The van der Waals surface area contributed by atoms with Crippen LogP contribution in [0.25, 0.3) is 10.4 Å². The van der Waals surface area contributed by atoms with Crippen molar-refractivity contribution in [2.45, 2.75) is 0 Å². The van der Waals surface area contributed by atoms with Gasteiger partial charge in [-0.15, -0.1) is 0 Å². The first kappa shape index (κ1) is 13.9. The Labute approximate surface area is 123 Å². The van der Waals surface area contributed by atoms with E-state index in [2.05, 4.69) is 10.2 Å². The fourth-order valence-corrected chi connectivity index (χ4v) is 1.80. The molecule has 0 amide bonds. The van der Waals surface area contributed by atoms with E-state index >= 15 is 0 Å². The second kappa shape index (κ2) is 6.57. The van der Waals surface area contributed by atoms with Crippen molar-refractivity contribution in [1.82, 2.24) is 0 Å². The van der Waals surface area contributed by atoms with E-state index in [1.807, 2.05) is 36.4 Å². The topological polar surface area (TPSA) is 64.0 Å². The lowest BCUT2D eigenvalue weighted by Gasteiger charge is -2.07. The van der Waals surface area contributed by atoms with Crippen LogP contribution in [0.3, 0.4) is 0 Å². The third kappa shape index (κ3) is 3.26. The van der Waals surface area contributed by atoms with Gasteiger partial charge in [0, 0.05) is 11.4 Å². The Morgan fingerprint density at radius 3 is 2.05 bits per heavy atom. The molecular weight excluding hydrogens is 260 g/mol. The Morgan fingerprint density at radius 2 is 1.52 bits per heavy atom. The number of allylic oxidation sites excluding steroid dienone is 2. The summed E-state index contributed by atoms with van der Waals surface area (Å²) in [5.41, 5.74) is 2.28. The molecule has 0 saturated heterocycles. The second-order valence-electron chi connectivity index (χ2n) is 4.13. The SMILES string of the molecule is [C-]#[N+]/C(C#N)=C(/C#N)c1ccc(Nc2ccccc2)cc1. The lowest BCUT2D eigenvalue weighted by atomic mass is 10.0. The van der Waals surface area contributed by atoms with Gasteiger partial charge in [-0.1, -0.05) is 30.3 Å². The quantitative estimate of drug-likeness (QED) is 0.674. The van der Waals surface area contributed by atoms with Gasteiger partial charge in [0.15, 0.2) is 0 Å². The minimum Gasteiger partial charge on any atom is -0.356 e. The summed E-state index contributed by atoms with van der Waals surface area (Å²) in [5, 5.41) is 21.2. The lowest BCUT2D eigenvalue weighted by molar-refractivity contribution is 1.47. The molecule has 0 radical (unpaired) electrons. The fraction of sp³-hybridized carbons (Fsp3) is 0. The largest absolute Gasteiger partial charge is 0.356 e. The molecule has 1 N–H and O–H groups in total. The summed E-state index contributed by atoms with van der Waals surface area (Å²) in [5.74, 6) is 0. The molecule has 0 spiro atoms. The zero-order valence-corrected chi connectivity index (χ0v) is 11.0. The highest BCUT2D eigenvalue weighted by Crippen LogP contribution is 2.22. The van der Waals surface area contributed by atoms with Gasteiger partial charge in [0.05, 0.1) is 24.3 Å². The van der Waals surface area contributed by atoms with Crippen molar-refractivity contribution in [3.8, 4) is 12.1 Å². The summed E-state index contributed by atoms with van der Waals surface area (Å²) in [4.78, 5) is 3.07. The van der Waals surface area contributed by atoms with Crippen LogP contribution in [-0.4, -0.2) is 0 Å². The number of anilines is 2. The van der Waals surface area contributed by atoms with Crippen LogP contribution in [0.1, 0.15) is 5.56 Å². The maximum Gasteiger partial charge on any atom is 0.279 e. The van der Waals surface area contributed by atoms with E-state index in [1.165, 1.54) is 0 Å². The number of nitrogens with zero attached hydrogens (tertiary/aromatic N) is 3. The van der Waals surface area contributed by atoms with Crippen LogP contribution in [0.2, 0.25) is 0 Å². The Morgan fingerprint density at radius 1 is 0.905 bits per heavy atom. The number of rotatable bonds is 3. The molecule has 0 aliphatic rings. The van der Waals surface area contributed by atoms with Crippen molar-refractivity contribution < 1.29 is 0 Å². The maximum atomic E-state index is 9.10. The smallest absolute Gasteiger partial charge is 0.279 e. The Bertz CT molecular complexity index is 766. The summed E-state index contributed by atoms with van der Waals surface area (Å²) >= 11 is 0. The first-order valence-electron chi connectivity index (χ1n) is 6.13. The van der Waals surface area contributed by atoms with E-state index in [0.29, 0.717) is 5.56 Å². The molecule has 98 valence electrons. The minimum atomic E-state index is -0.193. The average Bonchev–Trinajstić information content (AvgIpc) is 2.54. The van der Waals surface area contributed by atoms with Gasteiger partial charge in [-0.25, -0.2) is 10.1 Å². The van der Waals surface area contributed by atoms with Crippen molar-refractivity contribution >= 4 is 16.9 Å². The first-order valence-corrected chi connectivity index (χ1v) is 6.13. The third-order valence-corrected chi connectivity index (χ3v) is 2.80. The van der Waals surface area contributed by atoms with Crippen LogP contribution in [0, 0.1) is 29.2 Å². The van der Waals surface area contributed by atoms with E-state index in [9.17, 15) is 0 Å². The molecule has 0 heterocycles. The van der Waals surface area contributed by atoms with Crippen LogP contribution < -0.4 is 5.32 Å². The van der Waals surface area contributed by atoms with Crippen molar-refractivity contribution in [3.63, 3.8) is 0 Å². The van der Waals surface area contributed by atoms with Crippen molar-refractivity contribution in [1.29, 1.82) is 10.5 Å². The molecule has 0 unspecified atom stereocenters. The molecule has 0 bridgehead atoms. The normalized spacial score (nSPS) is 10.5. The highest BCUT2D eigenvalue weighted by Gasteiger charge is 2.08. The number of para-hydroxylation sites is 1. The Hall–Kier alpha value is -3.55. The molecule has 0 atom stereocenters. The summed E-state index contributed by atoms with van der Waals surface area (Å²) in [6.45, 7) is 6.91. The van der Waals surface area contributed by atoms with E-state index in [-0.39, 0.29) is 11.3 Å². The molecule has 2 rings (SSSR count). The van der Waals surface area contributed by atoms with Gasteiger partial charge in [-0.05, 0) is 29.8 Å². The standard InChI is InChI=1S/C17H10N4/c1-20-17(12-19)16(11-18)13-7-9-15(10-8-13)21-14-5-3-2-4-6-14/h2-10,21H/b17-16-. The number of hydrogen-bond donors (Lipinski definition) is 1. The van der Waals surface area contributed by atoms with Crippen LogP contribution in [0.4, 0.5) is 11.4 Å². The van der Waals surface area contributed by atoms with Gasteiger partial charge in [-0.2, -0.15) is 5.26 Å². The van der Waals surface area contributed by atoms with Gasteiger partial charge < -0.3 is 5.32 Å². The highest BCUT2D eigenvalue weighted by molar-refractivity contribution is 5.83. The van der Waals surface area contributed by atoms with Crippen LogP contribution in [0.5, 0.6) is 0 Å². The third-order valence-electron chi connectivity index (χ3n) is 2.80. The molecule has 0 saturated carbocycles. The average molecular weight is 270 g/mol. The molecule has 0 aliphatic heterocycles. The van der Waals surface area contributed by atoms with Crippen molar-refractivity contribution in [2.75, 3.05) is 5.32 Å². The number of nitrogens with one attached hydrogen (secondary N) is 1. The molecule has 2 aromatic carbocycles. The molecule has 0 fully saturated rings. The zero-order chi connectivity index (χ0) is 15.1. The Balaban J connectivity index is 2.28. The van der Waals surface area contributed by atoms with Crippen molar-refractivity contribution in [3.05, 3.63) is 77.3 Å². The molecule has 0 aromatic heterocycles. The Kier molecular flexibility index (Phi) is 4.34. The summed E-state index contributed by atoms with van der Waals surface area (Å²) in [6, 6.07) is 20.4. The monoisotopic (exact) mass is 270 g/mol. The van der Waals surface area contributed by atoms with Gasteiger partial charge in [0.2, 0.25) is 0 Å². The number of nitriles is 2. The van der Waals surface area contributed by atoms with E-state index in [0.717, 1.165) is 11.4 Å². The molecule has 4 heteroatoms. The minimum absolute atomic E-state index is 0.0961. The fourth-order valence-electron chi connectivity index (χ4n) is 1.80. The van der Waals surface area contributed by atoms with Crippen LogP contribution in [0.15, 0.2) is 60.3 Å². The van der Waals surface area contributed by atoms with Gasteiger partial charge in [0.25, 0.3) is 5.70 Å². The van der Waals surface area contributed by atoms with Gasteiger partial charge >= 0.3 is 0 Å². The molecule has 0 aliphatic carbocycles. The van der Waals surface area contributed by atoms with Crippen molar-refractivity contribution in [2.24, 2.45) is 0 Å². The van der Waals surface area contributed by atoms with E-state index in [1.54, 1.807) is 30.3 Å². The molecule has 2 aromatic rings. The molecule has 21 heavy (non-hydrogen) atoms. The number of benzene rings is 2. The molecule has 4 nitrogen and oxygen atoms in total. The summed E-state index contributed by atoms with van der Waals surface area (Å²) < 4.78 is 0. The lowest BCUT2D eigenvalue weighted by Crippen LogP contribution is -1.91. The van der Waals surface area contributed by atoms with Gasteiger partial charge in [-0.3, -0.25) is 0 Å². The van der Waals surface area contributed by atoms with Gasteiger partial charge in [0.1, 0.15) is 0 Å². The predicted octanol–water partition coefficient (Wildman–Crippen LogP) is 4.11. The molecular formula is C17H10N4. The van der Waals surface area contributed by atoms with Crippen LogP contribution >= 0.6 is 0 Å². The summed E-state index contributed by atoms with van der Waals surface area (Å²) in [7, 11) is 0. The number of hydrogen-bond acceptors (Lipinski definition) is 3. The zero-order valence-electron chi connectivity index (χ0n) is 11.0. The highest BCUT2D eigenvalue weighted by atomic mass is 14.9. The maximum absolute atomic E-state index is 9.10.